The molecule has 68 valence electrons. The number of hydrogen-bond acceptors (Lipinski definition) is 3. The van der Waals surface area contributed by atoms with Crippen molar-refractivity contribution in [3.63, 3.8) is 0 Å². The molecule has 0 saturated heterocycles. The van der Waals surface area contributed by atoms with Gasteiger partial charge in [0.15, 0.2) is 0 Å². The summed E-state index contributed by atoms with van der Waals surface area (Å²) >= 11 is 0. The van der Waals surface area contributed by atoms with Crippen LogP contribution in [0.5, 0.6) is 0 Å². The Balaban J connectivity index is 0.00000121. The molecule has 3 N–H and O–H groups in total. The molecule has 1 heterocycles. The molecule has 0 unspecified atom stereocenters. The van der Waals surface area contributed by atoms with E-state index in [1.807, 2.05) is 12.1 Å². The molecule has 0 aliphatic rings. The quantitative estimate of drug-likeness (QED) is 0.741. The van der Waals surface area contributed by atoms with Gasteiger partial charge < -0.3 is 10.8 Å². The van der Waals surface area contributed by atoms with Crippen molar-refractivity contribution in [1.29, 1.82) is 0 Å². The van der Waals surface area contributed by atoms with Crippen molar-refractivity contribution in [3.8, 4) is 0 Å². The van der Waals surface area contributed by atoms with Gasteiger partial charge in [0.2, 0.25) is 0 Å². The third kappa shape index (κ3) is 3.17. The minimum atomic E-state index is -0.0667. The molecule has 0 radical (unpaired) electrons. The van der Waals surface area contributed by atoms with E-state index < -0.39 is 0 Å². The molecule has 0 bridgehead atoms. The van der Waals surface area contributed by atoms with E-state index in [1.165, 1.54) is 0 Å². The summed E-state index contributed by atoms with van der Waals surface area (Å²) in [5.41, 5.74) is 6.74. The molecule has 0 aliphatic heterocycles. The summed E-state index contributed by atoms with van der Waals surface area (Å²) in [5, 5.41) is 8.60. The number of aliphatic hydroxyl groups excluding tert-OH is 1. The van der Waals surface area contributed by atoms with Crippen molar-refractivity contribution in [3.05, 3.63) is 30.1 Å². The summed E-state index contributed by atoms with van der Waals surface area (Å²) in [6.07, 6.45) is 4.00. The highest BCUT2D eigenvalue weighted by Crippen LogP contribution is 2.10. The van der Waals surface area contributed by atoms with E-state index in [1.54, 1.807) is 12.4 Å². The molecule has 1 rings (SSSR count). The number of hydrogen-bond donors (Lipinski definition) is 2. The molecule has 0 aromatic carbocycles. The molecule has 0 aliphatic carbocycles. The first-order valence-corrected chi connectivity index (χ1v) is 3.61. The van der Waals surface area contributed by atoms with Crippen LogP contribution >= 0.6 is 12.4 Å². The zero-order chi connectivity index (χ0) is 8.10. The van der Waals surface area contributed by atoms with E-state index >= 15 is 0 Å². The molecular weight excluding hydrogens is 176 g/mol. The predicted octanol–water partition coefficient (Wildman–Crippen LogP) is 0.886. The maximum atomic E-state index is 8.60. The third-order valence-electron chi connectivity index (χ3n) is 1.57. The van der Waals surface area contributed by atoms with Crippen LogP contribution in [0.3, 0.4) is 0 Å². The van der Waals surface area contributed by atoms with Crippen molar-refractivity contribution in [2.24, 2.45) is 5.73 Å². The zero-order valence-corrected chi connectivity index (χ0v) is 7.50. The number of nitrogens with two attached hydrogens (primary N) is 1. The number of pyridine rings is 1. The van der Waals surface area contributed by atoms with E-state index in [-0.39, 0.29) is 25.1 Å². The van der Waals surface area contributed by atoms with Gasteiger partial charge in [-0.1, -0.05) is 0 Å². The molecule has 3 nitrogen and oxygen atoms in total. The van der Waals surface area contributed by atoms with Crippen molar-refractivity contribution >= 4 is 12.4 Å². The molecule has 0 spiro atoms. The number of aliphatic hydroxyl groups is 1. The number of aromatic nitrogens is 1. The number of halogens is 1. The third-order valence-corrected chi connectivity index (χ3v) is 1.57. The van der Waals surface area contributed by atoms with E-state index in [9.17, 15) is 0 Å². The van der Waals surface area contributed by atoms with E-state index in [0.717, 1.165) is 5.56 Å². The topological polar surface area (TPSA) is 59.1 Å². The van der Waals surface area contributed by atoms with Crippen LogP contribution in [0.1, 0.15) is 18.0 Å². The maximum absolute atomic E-state index is 8.60. The van der Waals surface area contributed by atoms with Gasteiger partial charge in [-0.2, -0.15) is 0 Å². The lowest BCUT2D eigenvalue weighted by Gasteiger charge is -2.08. The van der Waals surface area contributed by atoms with Gasteiger partial charge in [0, 0.05) is 25.0 Å². The first-order chi connectivity index (χ1) is 5.34. The lowest BCUT2D eigenvalue weighted by atomic mass is 10.1. The fraction of sp³-hybridized carbons (Fsp3) is 0.375. The normalized spacial score (nSPS) is 11.8. The van der Waals surface area contributed by atoms with Crippen LogP contribution in [0.2, 0.25) is 0 Å². The standard InChI is InChI=1S/C8H12N2O.ClH/c9-8(3-6-11)7-1-4-10-5-2-7;/h1-2,4-5,8,11H,3,6,9H2;1H/t8-;/m0./s1. The Bertz CT molecular complexity index is 205. The van der Waals surface area contributed by atoms with Crippen LogP contribution in [-0.2, 0) is 0 Å². The lowest BCUT2D eigenvalue weighted by molar-refractivity contribution is 0.276. The Kier molecular flexibility index (Phi) is 5.62. The second-order valence-corrected chi connectivity index (χ2v) is 2.40. The Hall–Kier alpha value is -0.640. The van der Waals surface area contributed by atoms with Gasteiger partial charge >= 0.3 is 0 Å². The largest absolute Gasteiger partial charge is 0.396 e. The first kappa shape index (κ1) is 11.4. The molecular formula is C8H13ClN2O. The first-order valence-electron chi connectivity index (χ1n) is 3.61. The summed E-state index contributed by atoms with van der Waals surface area (Å²) in [5.74, 6) is 0. The van der Waals surface area contributed by atoms with Gasteiger partial charge in [0.05, 0.1) is 0 Å². The molecule has 1 aromatic heterocycles. The van der Waals surface area contributed by atoms with Crippen LogP contribution in [0.25, 0.3) is 0 Å². The van der Waals surface area contributed by atoms with Gasteiger partial charge in [0.1, 0.15) is 0 Å². The fourth-order valence-corrected chi connectivity index (χ4v) is 0.916. The van der Waals surface area contributed by atoms with Crippen molar-refractivity contribution < 1.29 is 5.11 Å². The monoisotopic (exact) mass is 188 g/mol. The van der Waals surface area contributed by atoms with Crippen molar-refractivity contribution in [2.45, 2.75) is 12.5 Å². The van der Waals surface area contributed by atoms with Crippen LogP contribution < -0.4 is 5.73 Å². The van der Waals surface area contributed by atoms with Crippen LogP contribution in [0.15, 0.2) is 24.5 Å². The summed E-state index contributed by atoms with van der Waals surface area (Å²) in [6, 6.07) is 3.66. The summed E-state index contributed by atoms with van der Waals surface area (Å²) in [4.78, 5) is 3.87. The molecule has 0 fully saturated rings. The number of rotatable bonds is 3. The van der Waals surface area contributed by atoms with Gasteiger partial charge in [-0.15, -0.1) is 12.4 Å². The predicted molar refractivity (Wildman–Crippen MR) is 50.1 cm³/mol. The maximum Gasteiger partial charge on any atom is 0.0449 e. The van der Waals surface area contributed by atoms with Crippen molar-refractivity contribution in [1.82, 2.24) is 4.98 Å². The Labute approximate surface area is 78.0 Å². The smallest absolute Gasteiger partial charge is 0.0449 e. The molecule has 1 aromatic rings. The zero-order valence-electron chi connectivity index (χ0n) is 6.68. The SMILES string of the molecule is Cl.N[C@@H](CCO)c1ccncc1. The minimum Gasteiger partial charge on any atom is -0.396 e. The lowest BCUT2D eigenvalue weighted by Crippen LogP contribution is -2.11. The second-order valence-electron chi connectivity index (χ2n) is 2.40. The van der Waals surface area contributed by atoms with Crippen LogP contribution in [0.4, 0.5) is 0 Å². The molecule has 12 heavy (non-hydrogen) atoms. The Morgan fingerprint density at radius 2 is 2.00 bits per heavy atom. The summed E-state index contributed by atoms with van der Waals surface area (Å²) < 4.78 is 0. The minimum absolute atomic E-state index is 0. The summed E-state index contributed by atoms with van der Waals surface area (Å²) in [7, 11) is 0. The average molecular weight is 189 g/mol. The van der Waals surface area contributed by atoms with E-state index in [4.69, 9.17) is 10.8 Å². The second kappa shape index (κ2) is 5.94. The van der Waals surface area contributed by atoms with Gasteiger partial charge in [-0.25, -0.2) is 0 Å². The highest BCUT2D eigenvalue weighted by atomic mass is 35.5. The molecule has 0 saturated carbocycles. The van der Waals surface area contributed by atoms with E-state index in [2.05, 4.69) is 4.98 Å². The van der Waals surface area contributed by atoms with Gasteiger partial charge in [-0.05, 0) is 24.1 Å². The Morgan fingerprint density at radius 3 is 2.50 bits per heavy atom. The highest BCUT2D eigenvalue weighted by Gasteiger charge is 2.02. The van der Waals surface area contributed by atoms with Crippen LogP contribution in [0, 0.1) is 0 Å². The van der Waals surface area contributed by atoms with Gasteiger partial charge in [0.25, 0.3) is 0 Å². The Morgan fingerprint density at radius 1 is 1.42 bits per heavy atom. The number of nitrogens with zero attached hydrogens (tertiary/aromatic N) is 1. The highest BCUT2D eigenvalue weighted by molar-refractivity contribution is 5.85. The average Bonchev–Trinajstić information content (AvgIpc) is 2.07. The fourth-order valence-electron chi connectivity index (χ4n) is 0.916. The van der Waals surface area contributed by atoms with Crippen LogP contribution in [-0.4, -0.2) is 16.7 Å². The summed E-state index contributed by atoms with van der Waals surface area (Å²) in [6.45, 7) is 0.128. The molecule has 1 atom stereocenters. The van der Waals surface area contributed by atoms with Gasteiger partial charge in [-0.3, -0.25) is 4.98 Å². The van der Waals surface area contributed by atoms with E-state index in [0.29, 0.717) is 6.42 Å². The molecule has 4 heteroatoms. The van der Waals surface area contributed by atoms with Crippen molar-refractivity contribution in [2.75, 3.05) is 6.61 Å². The molecule has 0 amide bonds.